The molecule has 0 aliphatic heterocycles. The second kappa shape index (κ2) is 9.47. The van der Waals surface area contributed by atoms with Crippen LogP contribution in [-0.2, 0) is 16.6 Å². The van der Waals surface area contributed by atoms with E-state index < -0.39 is 5.91 Å². The number of hydrogen-bond acceptors (Lipinski definition) is 4. The van der Waals surface area contributed by atoms with Crippen molar-refractivity contribution in [1.82, 2.24) is 4.98 Å². The second-order valence-electron chi connectivity index (χ2n) is 8.39. The lowest BCUT2D eigenvalue weighted by molar-refractivity contribution is -0.112. The highest BCUT2D eigenvalue weighted by Gasteiger charge is 2.14. The lowest BCUT2D eigenvalue weighted by Crippen LogP contribution is -2.13. The van der Waals surface area contributed by atoms with Gasteiger partial charge in [0.15, 0.2) is 5.13 Å². The van der Waals surface area contributed by atoms with Gasteiger partial charge in [0.2, 0.25) is 0 Å². The molecule has 0 unspecified atom stereocenters. The number of nitrogens with zero attached hydrogens (tertiary/aromatic N) is 2. The number of thiazole rings is 1. The average Bonchev–Trinajstić information content (AvgIpc) is 3.15. The zero-order valence-corrected chi connectivity index (χ0v) is 19.6. The molecular formula is C25H24ClN3OS. The quantitative estimate of drug-likeness (QED) is 0.355. The maximum Gasteiger partial charge on any atom is 0.268 e. The first-order chi connectivity index (χ1) is 14.7. The number of halogens is 1. The number of carbonyl (C=O) groups excluding carboxylic acids is 1. The monoisotopic (exact) mass is 449 g/mol. The van der Waals surface area contributed by atoms with Crippen molar-refractivity contribution >= 4 is 40.1 Å². The number of nitrogens with one attached hydrogen (secondary N) is 1. The summed E-state index contributed by atoms with van der Waals surface area (Å²) >= 11 is 7.58. The van der Waals surface area contributed by atoms with Crippen LogP contribution in [0.25, 0.3) is 6.08 Å². The van der Waals surface area contributed by atoms with Gasteiger partial charge in [-0.3, -0.25) is 10.1 Å². The molecule has 0 atom stereocenters. The number of amides is 1. The molecule has 4 nitrogen and oxygen atoms in total. The van der Waals surface area contributed by atoms with Crippen molar-refractivity contribution in [2.75, 3.05) is 5.32 Å². The molecular weight excluding hydrogens is 426 g/mol. The summed E-state index contributed by atoms with van der Waals surface area (Å²) in [6.45, 7) is 8.39. The summed E-state index contributed by atoms with van der Waals surface area (Å²) in [5.41, 5.74) is 4.18. The average molecular weight is 450 g/mol. The van der Waals surface area contributed by atoms with Crippen molar-refractivity contribution in [3.63, 3.8) is 0 Å². The first-order valence-corrected chi connectivity index (χ1v) is 11.1. The molecule has 0 bridgehead atoms. The molecule has 3 rings (SSSR count). The van der Waals surface area contributed by atoms with Crippen LogP contribution in [-0.4, -0.2) is 10.9 Å². The van der Waals surface area contributed by atoms with Crippen molar-refractivity contribution in [3.05, 3.63) is 86.4 Å². The first-order valence-electron chi connectivity index (χ1n) is 9.89. The van der Waals surface area contributed by atoms with Gasteiger partial charge in [-0.05, 0) is 46.7 Å². The summed E-state index contributed by atoms with van der Waals surface area (Å²) in [4.78, 5) is 17.8. The van der Waals surface area contributed by atoms with Gasteiger partial charge in [-0.1, -0.05) is 68.8 Å². The number of nitriles is 1. The van der Waals surface area contributed by atoms with Gasteiger partial charge in [-0.15, -0.1) is 11.3 Å². The third-order valence-electron chi connectivity index (χ3n) is 4.84. The van der Waals surface area contributed by atoms with E-state index >= 15 is 0 Å². The van der Waals surface area contributed by atoms with E-state index in [2.05, 4.69) is 31.1 Å². The lowest BCUT2D eigenvalue weighted by Gasteiger charge is -2.18. The third-order valence-corrected chi connectivity index (χ3v) is 6.16. The lowest BCUT2D eigenvalue weighted by atomic mass is 9.86. The minimum absolute atomic E-state index is 0.0329. The van der Waals surface area contributed by atoms with Gasteiger partial charge in [0.25, 0.3) is 5.91 Å². The topological polar surface area (TPSA) is 65.8 Å². The van der Waals surface area contributed by atoms with E-state index in [-0.39, 0.29) is 11.0 Å². The van der Waals surface area contributed by atoms with Gasteiger partial charge in [0.1, 0.15) is 11.6 Å². The van der Waals surface area contributed by atoms with E-state index in [1.807, 2.05) is 55.5 Å². The van der Waals surface area contributed by atoms with Crippen LogP contribution in [0.3, 0.4) is 0 Å². The Hall–Kier alpha value is -2.94. The van der Waals surface area contributed by atoms with Crippen LogP contribution < -0.4 is 5.32 Å². The normalized spacial score (nSPS) is 11.8. The number of carbonyl (C=O) groups is 1. The Balaban J connectivity index is 1.69. The van der Waals surface area contributed by atoms with E-state index in [4.69, 9.17) is 11.6 Å². The predicted molar refractivity (Wildman–Crippen MR) is 128 cm³/mol. The molecule has 1 aromatic heterocycles. The summed E-state index contributed by atoms with van der Waals surface area (Å²) in [6, 6.07) is 15.8. The van der Waals surface area contributed by atoms with Gasteiger partial charge >= 0.3 is 0 Å². The summed E-state index contributed by atoms with van der Waals surface area (Å²) in [5, 5.41) is 13.4. The number of aromatic nitrogens is 1. The molecule has 158 valence electrons. The maximum atomic E-state index is 12.6. The Bertz CT molecular complexity index is 1160. The van der Waals surface area contributed by atoms with Crippen molar-refractivity contribution in [1.29, 1.82) is 5.26 Å². The van der Waals surface area contributed by atoms with Gasteiger partial charge in [0.05, 0.1) is 0 Å². The number of hydrogen-bond donors (Lipinski definition) is 1. The highest BCUT2D eigenvalue weighted by molar-refractivity contribution is 7.15. The summed E-state index contributed by atoms with van der Waals surface area (Å²) < 4.78 is 0. The zero-order chi connectivity index (χ0) is 22.6. The fraction of sp³-hybridized carbons (Fsp3) is 0.240. The van der Waals surface area contributed by atoms with Crippen molar-refractivity contribution in [2.24, 2.45) is 0 Å². The highest BCUT2D eigenvalue weighted by atomic mass is 35.5. The van der Waals surface area contributed by atoms with Gasteiger partial charge < -0.3 is 0 Å². The number of aryl methyl sites for hydroxylation is 1. The molecule has 0 spiro atoms. The molecule has 6 heteroatoms. The summed E-state index contributed by atoms with van der Waals surface area (Å²) in [5.74, 6) is -0.471. The molecule has 0 fully saturated rings. The van der Waals surface area contributed by atoms with E-state index in [1.165, 1.54) is 16.9 Å². The van der Waals surface area contributed by atoms with E-state index in [0.29, 0.717) is 11.6 Å². The largest absolute Gasteiger partial charge is 0.297 e. The van der Waals surface area contributed by atoms with Crippen molar-refractivity contribution < 1.29 is 4.79 Å². The Morgan fingerprint density at radius 3 is 2.55 bits per heavy atom. The van der Waals surface area contributed by atoms with Crippen LogP contribution in [0.15, 0.2) is 54.2 Å². The van der Waals surface area contributed by atoms with Crippen LogP contribution in [0.2, 0.25) is 5.02 Å². The van der Waals surface area contributed by atoms with Crippen molar-refractivity contribution in [3.8, 4) is 6.07 Å². The standard InChI is InChI=1S/C25H24ClN3OS/c1-16-5-6-18(13-22(16)26)12-21-15-28-24(31-21)29-23(30)19(14-27)11-17-7-9-20(10-8-17)25(2,3)4/h5-11,13,15H,12H2,1-4H3,(H,28,29,30)/b19-11+. The molecule has 0 saturated heterocycles. The summed E-state index contributed by atoms with van der Waals surface area (Å²) in [7, 11) is 0. The smallest absolute Gasteiger partial charge is 0.268 e. The Morgan fingerprint density at radius 2 is 1.94 bits per heavy atom. The predicted octanol–water partition coefficient (Wildman–Crippen LogP) is 6.54. The minimum Gasteiger partial charge on any atom is -0.297 e. The zero-order valence-electron chi connectivity index (χ0n) is 18.0. The fourth-order valence-corrected chi connectivity index (χ4v) is 4.00. The molecule has 3 aromatic rings. The van der Waals surface area contributed by atoms with Crippen LogP contribution in [0, 0.1) is 18.3 Å². The van der Waals surface area contributed by atoms with Gasteiger partial charge in [-0.2, -0.15) is 5.26 Å². The molecule has 2 aromatic carbocycles. The minimum atomic E-state index is -0.471. The van der Waals surface area contributed by atoms with E-state index in [1.54, 1.807) is 12.3 Å². The second-order valence-corrected chi connectivity index (χ2v) is 9.91. The number of benzene rings is 2. The SMILES string of the molecule is Cc1ccc(Cc2cnc(NC(=O)/C(C#N)=C/c3ccc(C(C)(C)C)cc3)s2)cc1Cl. The first kappa shape index (κ1) is 22.7. The Morgan fingerprint density at radius 1 is 1.23 bits per heavy atom. The molecule has 0 saturated carbocycles. The maximum absolute atomic E-state index is 12.6. The molecule has 31 heavy (non-hydrogen) atoms. The third kappa shape index (κ3) is 6.04. The van der Waals surface area contributed by atoms with Crippen LogP contribution in [0.5, 0.6) is 0 Å². The highest BCUT2D eigenvalue weighted by Crippen LogP contribution is 2.25. The van der Waals surface area contributed by atoms with Gasteiger partial charge in [-0.25, -0.2) is 4.98 Å². The van der Waals surface area contributed by atoms with E-state index in [0.717, 1.165) is 26.6 Å². The van der Waals surface area contributed by atoms with Crippen molar-refractivity contribution in [2.45, 2.75) is 39.5 Å². The molecule has 1 amide bonds. The summed E-state index contributed by atoms with van der Waals surface area (Å²) in [6.07, 6.45) is 3.99. The van der Waals surface area contributed by atoms with Crippen LogP contribution in [0.1, 0.15) is 47.9 Å². The molecule has 0 aliphatic carbocycles. The van der Waals surface area contributed by atoms with Gasteiger partial charge in [0, 0.05) is 22.5 Å². The molecule has 1 N–H and O–H groups in total. The van der Waals surface area contributed by atoms with Crippen LogP contribution in [0.4, 0.5) is 5.13 Å². The Kier molecular flexibility index (Phi) is 6.94. The van der Waals surface area contributed by atoms with Crippen LogP contribution >= 0.6 is 22.9 Å². The Labute approximate surface area is 192 Å². The van der Waals surface area contributed by atoms with E-state index in [9.17, 15) is 10.1 Å². The molecule has 0 aliphatic rings. The molecule has 0 radical (unpaired) electrons. The fourth-order valence-electron chi connectivity index (χ4n) is 2.95. The number of rotatable bonds is 5. The number of anilines is 1. The molecule has 1 heterocycles.